The molecule has 0 radical (unpaired) electrons. The average Bonchev–Trinajstić information content (AvgIpc) is 2.83. The van der Waals surface area contributed by atoms with E-state index in [0.717, 1.165) is 5.56 Å². The Morgan fingerprint density at radius 3 is 3.00 bits per heavy atom. The first-order valence-electron chi connectivity index (χ1n) is 6.04. The molecule has 1 amide bonds. The van der Waals surface area contributed by atoms with Crippen LogP contribution in [-0.2, 0) is 11.3 Å². The molecule has 0 aliphatic carbocycles. The number of benzene rings is 1. The van der Waals surface area contributed by atoms with Crippen LogP contribution in [0.15, 0.2) is 18.2 Å². The number of β-amino-alcohol motifs (C(OH)–C–C–N with tert-alkyl or cyclic N) is 1. The average molecular weight is 279 g/mol. The summed E-state index contributed by atoms with van der Waals surface area (Å²) in [5.74, 6) is 2.37. The highest BCUT2D eigenvalue weighted by Gasteiger charge is 2.27. The molecular formula is C14H15ClN2O2. The summed E-state index contributed by atoms with van der Waals surface area (Å²) in [7, 11) is 0. The number of nitrogens with one attached hydrogen (secondary N) is 2. The lowest BCUT2D eigenvalue weighted by atomic mass is 10.1. The van der Waals surface area contributed by atoms with Crippen LogP contribution in [0, 0.1) is 12.3 Å². The van der Waals surface area contributed by atoms with Gasteiger partial charge in [0.2, 0.25) is 5.91 Å². The van der Waals surface area contributed by atoms with Crippen molar-refractivity contribution in [3.05, 3.63) is 34.3 Å². The first-order valence-corrected chi connectivity index (χ1v) is 6.42. The van der Waals surface area contributed by atoms with Crippen molar-refractivity contribution in [1.29, 1.82) is 0 Å². The van der Waals surface area contributed by atoms with E-state index in [2.05, 4.69) is 16.6 Å². The van der Waals surface area contributed by atoms with Crippen LogP contribution in [-0.4, -0.2) is 29.7 Å². The van der Waals surface area contributed by atoms with Crippen LogP contribution in [0.2, 0.25) is 5.02 Å². The molecule has 0 saturated carbocycles. The van der Waals surface area contributed by atoms with Crippen molar-refractivity contribution in [1.82, 2.24) is 10.6 Å². The van der Waals surface area contributed by atoms with Crippen molar-refractivity contribution < 1.29 is 9.90 Å². The van der Waals surface area contributed by atoms with E-state index in [1.54, 1.807) is 18.2 Å². The number of aliphatic hydroxyl groups excluding tert-OH is 1. The number of carbonyl (C=O) groups is 1. The summed E-state index contributed by atoms with van der Waals surface area (Å²) < 4.78 is 0. The summed E-state index contributed by atoms with van der Waals surface area (Å²) in [4.78, 5) is 11.8. The highest BCUT2D eigenvalue weighted by Crippen LogP contribution is 2.17. The number of amides is 1. The first-order chi connectivity index (χ1) is 9.10. The van der Waals surface area contributed by atoms with Gasteiger partial charge in [-0.15, -0.1) is 6.42 Å². The minimum Gasteiger partial charge on any atom is -0.392 e. The fourth-order valence-corrected chi connectivity index (χ4v) is 2.25. The van der Waals surface area contributed by atoms with Gasteiger partial charge in [0.1, 0.15) is 0 Å². The molecule has 0 aromatic heterocycles. The molecule has 19 heavy (non-hydrogen) atoms. The van der Waals surface area contributed by atoms with Crippen LogP contribution < -0.4 is 10.6 Å². The largest absolute Gasteiger partial charge is 0.392 e. The van der Waals surface area contributed by atoms with Crippen LogP contribution in [0.4, 0.5) is 0 Å². The van der Waals surface area contributed by atoms with Gasteiger partial charge < -0.3 is 15.7 Å². The van der Waals surface area contributed by atoms with Crippen molar-refractivity contribution in [2.45, 2.75) is 25.1 Å². The predicted molar refractivity (Wildman–Crippen MR) is 73.6 cm³/mol. The standard InChI is InChI=1S/C14H15ClN2O2/c1-2-9-3-4-10(12(15)5-9)7-17-14(19)13-6-11(18)8-16-13/h1,3-5,11,13,16,18H,6-8H2,(H,17,19)/t11-,13+/m1/s1. The number of hydrogen-bond acceptors (Lipinski definition) is 3. The molecule has 1 saturated heterocycles. The highest BCUT2D eigenvalue weighted by atomic mass is 35.5. The number of carbonyl (C=O) groups excluding carboxylic acids is 1. The number of halogens is 1. The molecule has 1 aromatic carbocycles. The zero-order chi connectivity index (χ0) is 13.8. The van der Waals surface area contributed by atoms with Crippen LogP contribution in [0.1, 0.15) is 17.5 Å². The summed E-state index contributed by atoms with van der Waals surface area (Å²) >= 11 is 6.07. The Kier molecular flexibility index (Phi) is 4.43. The minimum atomic E-state index is -0.450. The Morgan fingerprint density at radius 1 is 1.63 bits per heavy atom. The van der Waals surface area contributed by atoms with Crippen molar-refractivity contribution in [2.24, 2.45) is 0 Å². The predicted octanol–water partition coefficient (Wildman–Crippen LogP) is 0.660. The maximum atomic E-state index is 11.8. The van der Waals surface area contributed by atoms with Crippen LogP contribution in [0.25, 0.3) is 0 Å². The number of aliphatic hydroxyl groups is 1. The Hall–Kier alpha value is -1.54. The van der Waals surface area contributed by atoms with E-state index in [1.165, 1.54) is 0 Å². The van der Waals surface area contributed by atoms with Crippen molar-refractivity contribution >= 4 is 17.5 Å². The maximum absolute atomic E-state index is 11.8. The highest BCUT2D eigenvalue weighted by molar-refractivity contribution is 6.31. The lowest BCUT2D eigenvalue weighted by Crippen LogP contribution is -2.40. The number of terminal acetylenes is 1. The van der Waals surface area contributed by atoms with E-state index in [1.807, 2.05) is 0 Å². The summed E-state index contributed by atoms with van der Waals surface area (Å²) in [5.41, 5.74) is 1.52. The molecule has 100 valence electrons. The monoisotopic (exact) mass is 278 g/mol. The van der Waals surface area contributed by atoms with Crippen LogP contribution in [0.3, 0.4) is 0 Å². The van der Waals surface area contributed by atoms with Gasteiger partial charge in [-0.3, -0.25) is 4.79 Å². The third-order valence-corrected chi connectivity index (χ3v) is 3.45. The number of hydrogen-bond donors (Lipinski definition) is 3. The molecule has 0 spiro atoms. The SMILES string of the molecule is C#Cc1ccc(CNC(=O)[C@@H]2C[C@@H](O)CN2)c(Cl)c1. The van der Waals surface area contributed by atoms with Crippen molar-refractivity contribution in [3.63, 3.8) is 0 Å². The normalized spacial score (nSPS) is 21.9. The van der Waals surface area contributed by atoms with Gasteiger partial charge in [0.15, 0.2) is 0 Å². The Bertz CT molecular complexity index is 525. The van der Waals surface area contributed by atoms with E-state index in [-0.39, 0.29) is 11.9 Å². The van der Waals surface area contributed by atoms with Gasteiger partial charge in [-0.05, 0) is 24.1 Å². The zero-order valence-corrected chi connectivity index (χ0v) is 11.1. The maximum Gasteiger partial charge on any atom is 0.237 e. The molecule has 1 aliphatic rings. The van der Waals surface area contributed by atoms with E-state index < -0.39 is 6.10 Å². The van der Waals surface area contributed by atoms with E-state index in [4.69, 9.17) is 18.0 Å². The van der Waals surface area contributed by atoms with Crippen LogP contribution >= 0.6 is 11.6 Å². The second kappa shape index (κ2) is 6.07. The zero-order valence-electron chi connectivity index (χ0n) is 10.3. The molecule has 1 heterocycles. The van der Waals surface area contributed by atoms with Gasteiger partial charge in [-0.25, -0.2) is 0 Å². The fourth-order valence-electron chi connectivity index (χ4n) is 2.00. The molecular weight excluding hydrogens is 264 g/mol. The second-order valence-electron chi connectivity index (χ2n) is 4.52. The molecule has 1 aromatic rings. The van der Waals surface area contributed by atoms with Gasteiger partial charge in [-0.2, -0.15) is 0 Å². The van der Waals surface area contributed by atoms with E-state index in [0.29, 0.717) is 30.1 Å². The van der Waals surface area contributed by atoms with Gasteiger partial charge in [0, 0.05) is 23.7 Å². The van der Waals surface area contributed by atoms with Gasteiger partial charge in [0.25, 0.3) is 0 Å². The van der Waals surface area contributed by atoms with Crippen LogP contribution in [0.5, 0.6) is 0 Å². The summed E-state index contributed by atoms with van der Waals surface area (Å²) in [6.45, 7) is 0.798. The van der Waals surface area contributed by atoms with E-state index in [9.17, 15) is 9.90 Å². The number of rotatable bonds is 3. The molecule has 4 nitrogen and oxygen atoms in total. The summed E-state index contributed by atoms with van der Waals surface area (Å²) in [5, 5.41) is 15.6. The van der Waals surface area contributed by atoms with Gasteiger partial charge in [-0.1, -0.05) is 23.6 Å². The van der Waals surface area contributed by atoms with Crippen molar-refractivity contribution in [2.75, 3.05) is 6.54 Å². The summed E-state index contributed by atoms with van der Waals surface area (Å²) in [6.07, 6.45) is 5.27. The molecule has 3 N–H and O–H groups in total. The Morgan fingerprint density at radius 2 is 2.42 bits per heavy atom. The topological polar surface area (TPSA) is 61.4 Å². The first kappa shape index (κ1) is 13.9. The van der Waals surface area contributed by atoms with Gasteiger partial charge in [0.05, 0.1) is 12.1 Å². The quantitative estimate of drug-likeness (QED) is 0.712. The summed E-state index contributed by atoms with van der Waals surface area (Å²) in [6, 6.07) is 4.94. The van der Waals surface area contributed by atoms with E-state index >= 15 is 0 Å². The lowest BCUT2D eigenvalue weighted by Gasteiger charge is -2.12. The molecule has 1 fully saturated rings. The Labute approximate surface area is 117 Å². The second-order valence-corrected chi connectivity index (χ2v) is 4.93. The fraction of sp³-hybridized carbons (Fsp3) is 0.357. The Balaban J connectivity index is 1.92. The molecule has 0 unspecified atom stereocenters. The molecule has 5 heteroatoms. The van der Waals surface area contributed by atoms with Crippen molar-refractivity contribution in [3.8, 4) is 12.3 Å². The third-order valence-electron chi connectivity index (χ3n) is 3.10. The molecule has 2 rings (SSSR count). The smallest absolute Gasteiger partial charge is 0.237 e. The minimum absolute atomic E-state index is 0.131. The lowest BCUT2D eigenvalue weighted by molar-refractivity contribution is -0.123. The molecule has 1 aliphatic heterocycles. The third kappa shape index (κ3) is 3.48. The van der Waals surface area contributed by atoms with Gasteiger partial charge >= 0.3 is 0 Å². The molecule has 2 atom stereocenters. The molecule has 0 bridgehead atoms.